The predicted molar refractivity (Wildman–Crippen MR) is 115 cm³/mol. The van der Waals surface area contributed by atoms with Crippen LogP contribution in [0.4, 0.5) is 0 Å². The number of imidazole rings is 1. The second-order valence-corrected chi connectivity index (χ2v) is 8.85. The molecule has 7 heteroatoms. The Hall–Kier alpha value is -2.67. The average Bonchev–Trinajstić information content (AvgIpc) is 3.31. The molecule has 0 bridgehead atoms. The van der Waals surface area contributed by atoms with Crippen molar-refractivity contribution in [3.63, 3.8) is 0 Å². The standard InChI is InChI=1S/C22H26N4O2S/c1-14-7-8-25(22(28)18-6-4-5-15(2)16(18)3)17(9-14)10-24-21(27)19-12-29-20-11-23-13-26(19)20/h4-6,11-14,17H,7-10H2,1-3H3,(H,24,27)/t14-,17+/m1/s1. The third kappa shape index (κ3) is 3.79. The molecule has 6 nitrogen and oxygen atoms in total. The second kappa shape index (κ2) is 7.99. The number of hydrogen-bond acceptors (Lipinski definition) is 4. The number of benzene rings is 1. The maximum absolute atomic E-state index is 13.3. The molecule has 1 aliphatic heterocycles. The van der Waals surface area contributed by atoms with E-state index >= 15 is 0 Å². The van der Waals surface area contributed by atoms with Crippen molar-refractivity contribution in [3.8, 4) is 0 Å². The van der Waals surface area contributed by atoms with Crippen LogP contribution in [0.5, 0.6) is 0 Å². The number of aromatic nitrogens is 2. The maximum atomic E-state index is 13.3. The first kappa shape index (κ1) is 19.6. The maximum Gasteiger partial charge on any atom is 0.269 e. The molecule has 2 amide bonds. The quantitative estimate of drug-likeness (QED) is 0.713. The molecule has 1 N–H and O–H groups in total. The molecular formula is C22H26N4O2S. The van der Waals surface area contributed by atoms with Crippen LogP contribution in [0.2, 0.25) is 0 Å². The van der Waals surface area contributed by atoms with Gasteiger partial charge in [0.1, 0.15) is 16.9 Å². The summed E-state index contributed by atoms with van der Waals surface area (Å²) in [7, 11) is 0. The Morgan fingerprint density at radius 2 is 2.14 bits per heavy atom. The number of nitrogens with zero attached hydrogens (tertiary/aromatic N) is 3. The van der Waals surface area contributed by atoms with E-state index in [1.807, 2.05) is 42.3 Å². The number of rotatable bonds is 4. The summed E-state index contributed by atoms with van der Waals surface area (Å²) >= 11 is 1.49. The number of aryl methyl sites for hydroxylation is 1. The first-order valence-electron chi connectivity index (χ1n) is 10.0. The molecule has 3 heterocycles. The van der Waals surface area contributed by atoms with Gasteiger partial charge in [-0.15, -0.1) is 11.3 Å². The van der Waals surface area contributed by atoms with Gasteiger partial charge in [-0.3, -0.25) is 14.0 Å². The molecule has 0 saturated carbocycles. The summed E-state index contributed by atoms with van der Waals surface area (Å²) in [6.07, 6.45) is 5.27. The van der Waals surface area contributed by atoms with Gasteiger partial charge in [0.25, 0.3) is 11.8 Å². The van der Waals surface area contributed by atoms with Crippen molar-refractivity contribution in [1.82, 2.24) is 19.6 Å². The third-order valence-corrected chi connectivity index (χ3v) is 6.84. The van der Waals surface area contributed by atoms with Crippen LogP contribution >= 0.6 is 11.3 Å². The summed E-state index contributed by atoms with van der Waals surface area (Å²) in [5.74, 6) is 0.456. The van der Waals surface area contributed by atoms with Crippen LogP contribution in [-0.4, -0.2) is 45.2 Å². The zero-order chi connectivity index (χ0) is 20.5. The van der Waals surface area contributed by atoms with Crippen LogP contribution in [0, 0.1) is 19.8 Å². The third-order valence-electron chi connectivity index (χ3n) is 5.96. The normalized spacial score (nSPS) is 19.5. The summed E-state index contributed by atoms with van der Waals surface area (Å²) in [5.41, 5.74) is 3.49. The van der Waals surface area contributed by atoms with E-state index in [4.69, 9.17) is 0 Å². The minimum Gasteiger partial charge on any atom is -0.349 e. The monoisotopic (exact) mass is 410 g/mol. The molecule has 1 fully saturated rings. The van der Waals surface area contributed by atoms with E-state index < -0.39 is 0 Å². The SMILES string of the molecule is Cc1cccc(C(=O)N2CC[C@@H](C)C[C@H]2CNC(=O)c2csc3cncn23)c1C. The number of hydrogen-bond donors (Lipinski definition) is 1. The van der Waals surface area contributed by atoms with Gasteiger partial charge in [0, 0.05) is 30.1 Å². The fraction of sp³-hybridized carbons (Fsp3) is 0.409. The van der Waals surface area contributed by atoms with Gasteiger partial charge in [-0.25, -0.2) is 4.98 Å². The number of thiazole rings is 1. The highest BCUT2D eigenvalue weighted by Crippen LogP contribution is 2.25. The number of piperidine rings is 1. The topological polar surface area (TPSA) is 66.7 Å². The Morgan fingerprint density at radius 3 is 2.97 bits per heavy atom. The summed E-state index contributed by atoms with van der Waals surface area (Å²) in [6, 6.07) is 5.86. The second-order valence-electron chi connectivity index (χ2n) is 7.96. The van der Waals surface area contributed by atoms with E-state index in [-0.39, 0.29) is 17.9 Å². The smallest absolute Gasteiger partial charge is 0.269 e. The highest BCUT2D eigenvalue weighted by Gasteiger charge is 2.31. The molecular weight excluding hydrogens is 384 g/mol. The summed E-state index contributed by atoms with van der Waals surface area (Å²) < 4.78 is 1.79. The van der Waals surface area contributed by atoms with Crippen molar-refractivity contribution in [1.29, 1.82) is 0 Å². The van der Waals surface area contributed by atoms with Gasteiger partial charge < -0.3 is 10.2 Å². The van der Waals surface area contributed by atoms with E-state index in [1.165, 1.54) is 11.3 Å². The van der Waals surface area contributed by atoms with Gasteiger partial charge in [0.2, 0.25) is 0 Å². The van der Waals surface area contributed by atoms with Crippen LogP contribution in [0.25, 0.3) is 4.83 Å². The van der Waals surface area contributed by atoms with Crippen LogP contribution in [0.3, 0.4) is 0 Å². The molecule has 0 radical (unpaired) electrons. The molecule has 0 aliphatic carbocycles. The van der Waals surface area contributed by atoms with Gasteiger partial charge in [-0.2, -0.15) is 0 Å². The lowest BCUT2D eigenvalue weighted by atomic mass is 9.91. The Balaban J connectivity index is 1.50. The number of nitrogens with one attached hydrogen (secondary N) is 1. The number of carbonyl (C=O) groups is 2. The van der Waals surface area contributed by atoms with E-state index in [0.717, 1.165) is 40.9 Å². The molecule has 4 rings (SSSR count). The van der Waals surface area contributed by atoms with Crippen molar-refractivity contribution in [3.05, 3.63) is 58.5 Å². The van der Waals surface area contributed by atoms with Gasteiger partial charge >= 0.3 is 0 Å². The Kier molecular flexibility index (Phi) is 5.41. The van der Waals surface area contributed by atoms with Crippen molar-refractivity contribution in [2.24, 2.45) is 5.92 Å². The minimum atomic E-state index is -0.133. The molecule has 3 aromatic rings. The average molecular weight is 411 g/mol. The van der Waals surface area contributed by atoms with E-state index in [0.29, 0.717) is 18.2 Å². The summed E-state index contributed by atoms with van der Waals surface area (Å²) in [6.45, 7) is 7.41. The van der Waals surface area contributed by atoms with Crippen LogP contribution in [0.15, 0.2) is 36.1 Å². The van der Waals surface area contributed by atoms with Gasteiger partial charge in [0.15, 0.2) is 0 Å². The Morgan fingerprint density at radius 1 is 1.31 bits per heavy atom. The first-order valence-corrected chi connectivity index (χ1v) is 10.9. The van der Waals surface area contributed by atoms with E-state index in [1.54, 1.807) is 16.9 Å². The van der Waals surface area contributed by atoms with Crippen molar-refractivity contribution >= 4 is 28.0 Å². The lowest BCUT2D eigenvalue weighted by molar-refractivity contribution is 0.0549. The van der Waals surface area contributed by atoms with Gasteiger partial charge in [-0.1, -0.05) is 19.1 Å². The molecule has 0 unspecified atom stereocenters. The number of likely N-dealkylation sites (tertiary alicyclic amines) is 1. The molecule has 2 atom stereocenters. The van der Waals surface area contributed by atoms with Crippen molar-refractivity contribution in [2.45, 2.75) is 39.7 Å². The van der Waals surface area contributed by atoms with Crippen molar-refractivity contribution < 1.29 is 9.59 Å². The lowest BCUT2D eigenvalue weighted by Gasteiger charge is -2.39. The fourth-order valence-corrected chi connectivity index (χ4v) is 4.87. The minimum absolute atomic E-state index is 0.00738. The fourth-order valence-electron chi connectivity index (χ4n) is 4.04. The molecule has 1 saturated heterocycles. The number of carbonyl (C=O) groups excluding carboxylic acids is 2. The largest absolute Gasteiger partial charge is 0.349 e. The molecule has 0 spiro atoms. The number of amides is 2. The van der Waals surface area contributed by atoms with Gasteiger partial charge in [-0.05, 0) is 49.8 Å². The zero-order valence-electron chi connectivity index (χ0n) is 17.0. The van der Waals surface area contributed by atoms with Crippen molar-refractivity contribution in [2.75, 3.05) is 13.1 Å². The van der Waals surface area contributed by atoms with E-state index in [9.17, 15) is 9.59 Å². The molecule has 29 heavy (non-hydrogen) atoms. The molecule has 1 aromatic carbocycles. The Bertz CT molecular complexity index is 1050. The van der Waals surface area contributed by atoms with Crippen LogP contribution < -0.4 is 5.32 Å². The van der Waals surface area contributed by atoms with Crippen LogP contribution in [0.1, 0.15) is 51.7 Å². The highest BCUT2D eigenvalue weighted by atomic mass is 32.1. The zero-order valence-corrected chi connectivity index (χ0v) is 17.8. The number of fused-ring (bicyclic) bond motifs is 1. The molecule has 152 valence electrons. The van der Waals surface area contributed by atoms with Gasteiger partial charge in [0.05, 0.1) is 6.20 Å². The first-order chi connectivity index (χ1) is 14.0. The highest BCUT2D eigenvalue weighted by molar-refractivity contribution is 7.15. The Labute approximate surface area is 174 Å². The van der Waals surface area contributed by atoms with Crippen LogP contribution in [-0.2, 0) is 0 Å². The summed E-state index contributed by atoms with van der Waals surface area (Å²) in [5, 5.41) is 4.89. The van der Waals surface area contributed by atoms with E-state index in [2.05, 4.69) is 17.2 Å². The summed E-state index contributed by atoms with van der Waals surface area (Å²) in [4.78, 5) is 33.0. The lowest BCUT2D eigenvalue weighted by Crippen LogP contribution is -2.51. The molecule has 2 aromatic heterocycles. The predicted octanol–water partition coefficient (Wildman–Crippen LogP) is 3.68. The molecule has 1 aliphatic rings.